The third-order valence-electron chi connectivity index (χ3n) is 7.20. The molecule has 7 nitrogen and oxygen atoms in total. The Bertz CT molecular complexity index is 1330. The third-order valence-corrected chi connectivity index (χ3v) is 7.20. The van der Waals surface area contributed by atoms with Gasteiger partial charge < -0.3 is 10.2 Å². The highest BCUT2D eigenvalue weighted by Gasteiger charge is 2.37. The first-order valence-corrected chi connectivity index (χ1v) is 11.9. The molecule has 1 aliphatic carbocycles. The van der Waals surface area contributed by atoms with Crippen LogP contribution in [0.4, 0.5) is 18.9 Å². The van der Waals surface area contributed by atoms with Crippen LogP contribution in [0, 0.1) is 0 Å². The number of nitrogens with zero attached hydrogens (tertiary/aromatic N) is 4. The molecule has 1 saturated heterocycles. The standard InChI is InChI=1S/C24H26F3N7/c25-24(26,27)23-17(13-30-33-23)18-10-15(14-4-2-1-3-5-14)21-16-12-29-32-19(16)11-20(22(21)31-18)34-8-6-28-7-9-34/h10-14,28H,1-9H2,(H,29,32)(H,30,33). The van der Waals surface area contributed by atoms with Gasteiger partial charge in [0, 0.05) is 43.1 Å². The Kier molecular flexibility index (Phi) is 5.20. The normalized spacial score (nSPS) is 18.3. The molecule has 178 valence electrons. The molecule has 1 aliphatic heterocycles. The Morgan fingerprint density at radius 3 is 2.59 bits per heavy atom. The monoisotopic (exact) mass is 469 g/mol. The minimum absolute atomic E-state index is 0.00925. The van der Waals surface area contributed by atoms with Gasteiger partial charge in [-0.25, -0.2) is 4.98 Å². The van der Waals surface area contributed by atoms with Crippen LogP contribution in [0.15, 0.2) is 24.5 Å². The van der Waals surface area contributed by atoms with Crippen LogP contribution in [0.5, 0.6) is 0 Å². The topological polar surface area (TPSA) is 85.5 Å². The van der Waals surface area contributed by atoms with Crippen molar-refractivity contribution >= 4 is 27.5 Å². The average Bonchev–Trinajstić information content (AvgIpc) is 3.54. The van der Waals surface area contributed by atoms with Crippen LogP contribution in [-0.4, -0.2) is 51.6 Å². The van der Waals surface area contributed by atoms with Crippen molar-refractivity contribution in [2.24, 2.45) is 0 Å². The number of fused-ring (bicyclic) bond motifs is 3. The number of alkyl halides is 3. The summed E-state index contributed by atoms with van der Waals surface area (Å²) in [6.45, 7) is 3.30. The first-order chi connectivity index (χ1) is 16.5. The minimum Gasteiger partial charge on any atom is -0.367 e. The van der Waals surface area contributed by atoms with Gasteiger partial charge in [0.2, 0.25) is 0 Å². The average molecular weight is 470 g/mol. The van der Waals surface area contributed by atoms with E-state index in [4.69, 9.17) is 4.98 Å². The predicted molar refractivity (Wildman–Crippen MR) is 125 cm³/mol. The quantitative estimate of drug-likeness (QED) is 0.394. The largest absolute Gasteiger partial charge is 0.435 e. The summed E-state index contributed by atoms with van der Waals surface area (Å²) in [7, 11) is 0. The lowest BCUT2D eigenvalue weighted by atomic mass is 9.81. The molecule has 2 fully saturated rings. The van der Waals surface area contributed by atoms with E-state index >= 15 is 0 Å². The predicted octanol–water partition coefficient (Wildman–Crippen LogP) is 4.98. The van der Waals surface area contributed by atoms with Gasteiger partial charge in [-0.3, -0.25) is 10.2 Å². The van der Waals surface area contributed by atoms with Gasteiger partial charge in [0.25, 0.3) is 0 Å². The molecule has 0 radical (unpaired) electrons. The smallest absolute Gasteiger partial charge is 0.367 e. The summed E-state index contributed by atoms with van der Waals surface area (Å²) in [4.78, 5) is 7.15. The summed E-state index contributed by atoms with van der Waals surface area (Å²) in [5, 5.41) is 18.7. The number of piperazine rings is 1. The molecule has 0 unspecified atom stereocenters. The van der Waals surface area contributed by atoms with Crippen LogP contribution < -0.4 is 10.2 Å². The number of benzene rings is 1. The number of nitrogens with one attached hydrogen (secondary N) is 3. The molecular formula is C24H26F3N7. The molecule has 1 aromatic carbocycles. The van der Waals surface area contributed by atoms with Gasteiger partial charge >= 0.3 is 6.18 Å². The molecule has 10 heteroatoms. The van der Waals surface area contributed by atoms with Crippen molar-refractivity contribution in [2.45, 2.75) is 44.2 Å². The van der Waals surface area contributed by atoms with Crippen LogP contribution in [0.25, 0.3) is 33.1 Å². The second-order valence-electron chi connectivity index (χ2n) is 9.26. The fraction of sp³-hybridized carbons (Fsp3) is 0.458. The van der Waals surface area contributed by atoms with Crippen LogP contribution in [0.1, 0.15) is 49.3 Å². The number of rotatable bonds is 3. The summed E-state index contributed by atoms with van der Waals surface area (Å²) in [6.07, 6.45) is 4.03. The molecular weight excluding hydrogens is 443 g/mol. The zero-order valence-corrected chi connectivity index (χ0v) is 18.7. The molecule has 4 heterocycles. The first kappa shape index (κ1) is 21.4. The fourth-order valence-electron chi connectivity index (χ4n) is 5.57. The Morgan fingerprint density at radius 1 is 1.03 bits per heavy atom. The van der Waals surface area contributed by atoms with E-state index in [1.54, 1.807) is 0 Å². The lowest BCUT2D eigenvalue weighted by Gasteiger charge is -2.31. The number of hydrogen-bond acceptors (Lipinski definition) is 5. The maximum Gasteiger partial charge on any atom is 0.435 e. The van der Waals surface area contributed by atoms with Crippen molar-refractivity contribution in [2.75, 3.05) is 31.1 Å². The number of aromatic nitrogens is 5. The van der Waals surface area contributed by atoms with Gasteiger partial charge in [0.15, 0.2) is 5.69 Å². The fourth-order valence-corrected chi connectivity index (χ4v) is 5.57. The van der Waals surface area contributed by atoms with Crippen molar-refractivity contribution in [1.29, 1.82) is 0 Å². The van der Waals surface area contributed by atoms with E-state index in [1.165, 1.54) is 12.6 Å². The molecule has 2 aliphatic rings. The highest BCUT2D eigenvalue weighted by atomic mass is 19.4. The lowest BCUT2D eigenvalue weighted by Crippen LogP contribution is -2.43. The molecule has 0 bridgehead atoms. The molecule has 6 rings (SSSR count). The molecule has 0 spiro atoms. The molecule has 0 amide bonds. The lowest BCUT2D eigenvalue weighted by molar-refractivity contribution is -0.140. The highest BCUT2D eigenvalue weighted by Crippen LogP contribution is 2.44. The van der Waals surface area contributed by atoms with Crippen LogP contribution in [0.3, 0.4) is 0 Å². The third kappa shape index (κ3) is 3.60. The molecule has 0 atom stereocenters. The summed E-state index contributed by atoms with van der Waals surface area (Å²) in [6, 6.07) is 3.91. The van der Waals surface area contributed by atoms with E-state index in [2.05, 4.69) is 30.6 Å². The second kappa shape index (κ2) is 8.26. The summed E-state index contributed by atoms with van der Waals surface area (Å²) in [5.74, 6) is 0.274. The van der Waals surface area contributed by atoms with Crippen LogP contribution >= 0.6 is 0 Å². The van der Waals surface area contributed by atoms with Gasteiger partial charge in [-0.1, -0.05) is 19.3 Å². The Hall–Kier alpha value is -3.14. The van der Waals surface area contributed by atoms with Crippen molar-refractivity contribution in [3.8, 4) is 11.3 Å². The van der Waals surface area contributed by atoms with Crippen molar-refractivity contribution in [3.05, 3.63) is 35.8 Å². The van der Waals surface area contributed by atoms with Crippen molar-refractivity contribution in [3.63, 3.8) is 0 Å². The Balaban J connectivity index is 1.66. The number of aromatic amines is 2. The minimum atomic E-state index is -4.56. The van der Waals surface area contributed by atoms with Gasteiger partial charge in [0.1, 0.15) is 0 Å². The van der Waals surface area contributed by atoms with Gasteiger partial charge in [0.05, 0.1) is 34.2 Å². The maximum absolute atomic E-state index is 13.7. The number of H-pyrrole nitrogens is 2. The zero-order chi connectivity index (χ0) is 23.3. The molecule has 4 aromatic rings. The highest BCUT2D eigenvalue weighted by molar-refractivity contribution is 6.12. The van der Waals surface area contributed by atoms with Crippen molar-refractivity contribution < 1.29 is 13.2 Å². The molecule has 3 aromatic heterocycles. The molecule has 1 saturated carbocycles. The zero-order valence-electron chi connectivity index (χ0n) is 18.7. The van der Waals surface area contributed by atoms with E-state index in [9.17, 15) is 13.2 Å². The summed E-state index contributed by atoms with van der Waals surface area (Å²) >= 11 is 0. The SMILES string of the molecule is FC(F)(F)c1n[nH]cc1-c1cc(C2CCCCC2)c2c(n1)c(N1CCNCC1)cc1[nH]ncc12. The number of halogens is 3. The molecule has 3 N–H and O–H groups in total. The van der Waals surface area contributed by atoms with Gasteiger partial charge in [-0.2, -0.15) is 23.4 Å². The van der Waals surface area contributed by atoms with E-state index in [1.807, 2.05) is 18.3 Å². The van der Waals surface area contributed by atoms with E-state index in [-0.39, 0.29) is 11.5 Å². The van der Waals surface area contributed by atoms with E-state index in [0.29, 0.717) is 5.69 Å². The summed E-state index contributed by atoms with van der Waals surface area (Å²) in [5.41, 5.74) is 3.04. The van der Waals surface area contributed by atoms with Crippen molar-refractivity contribution in [1.82, 2.24) is 30.7 Å². The second-order valence-corrected chi connectivity index (χ2v) is 9.26. The summed E-state index contributed by atoms with van der Waals surface area (Å²) < 4.78 is 41.2. The number of pyridine rings is 1. The van der Waals surface area contributed by atoms with E-state index < -0.39 is 11.9 Å². The van der Waals surface area contributed by atoms with Gasteiger partial charge in [-0.15, -0.1) is 0 Å². The molecule has 34 heavy (non-hydrogen) atoms. The number of anilines is 1. The van der Waals surface area contributed by atoms with Crippen LogP contribution in [0.2, 0.25) is 0 Å². The van der Waals surface area contributed by atoms with Gasteiger partial charge in [-0.05, 0) is 36.5 Å². The first-order valence-electron chi connectivity index (χ1n) is 11.9. The number of hydrogen-bond donors (Lipinski definition) is 3. The Labute approximate surface area is 194 Å². The Morgan fingerprint density at radius 2 is 1.82 bits per heavy atom. The maximum atomic E-state index is 13.7. The van der Waals surface area contributed by atoms with E-state index in [0.717, 1.165) is 84.9 Å². The van der Waals surface area contributed by atoms with Crippen LogP contribution in [-0.2, 0) is 6.18 Å².